The van der Waals surface area contributed by atoms with E-state index in [-0.39, 0.29) is 12.2 Å². The van der Waals surface area contributed by atoms with Crippen molar-refractivity contribution < 1.29 is 18.3 Å². The Hall–Kier alpha value is -0.620. The highest BCUT2D eigenvalue weighted by Gasteiger charge is 2.26. The van der Waals surface area contributed by atoms with Crippen LogP contribution in [0.25, 0.3) is 0 Å². The Labute approximate surface area is 104 Å². The first-order valence-corrected chi connectivity index (χ1v) is 7.53. The van der Waals surface area contributed by atoms with E-state index in [9.17, 15) is 13.2 Å². The van der Waals surface area contributed by atoms with Crippen molar-refractivity contribution in [1.29, 1.82) is 0 Å². The molecule has 6 heteroatoms. The van der Waals surface area contributed by atoms with Gasteiger partial charge in [0.2, 0.25) is 10.0 Å². The average molecular weight is 265 g/mol. The molecule has 0 saturated heterocycles. The van der Waals surface area contributed by atoms with Gasteiger partial charge in [0.05, 0.1) is 12.2 Å². The molecule has 0 bridgehead atoms. The Morgan fingerprint density at radius 3 is 2.18 bits per heavy atom. The molecule has 0 spiro atoms. The Bertz CT molecular complexity index is 337. The second-order valence-corrected chi connectivity index (χ2v) is 6.69. The fraction of sp³-hybridized carbons (Fsp3) is 0.909. The molecule has 1 unspecified atom stereocenters. The lowest BCUT2D eigenvalue weighted by Gasteiger charge is -2.26. The summed E-state index contributed by atoms with van der Waals surface area (Å²) in [5, 5.41) is 8.69. The van der Waals surface area contributed by atoms with Crippen molar-refractivity contribution in [2.24, 2.45) is 5.92 Å². The third-order valence-electron chi connectivity index (χ3n) is 2.58. The minimum absolute atomic E-state index is 0.0858. The average Bonchev–Trinajstić information content (AvgIpc) is 2.14. The lowest BCUT2D eigenvalue weighted by atomic mass is 10.2. The summed E-state index contributed by atoms with van der Waals surface area (Å²) >= 11 is 0. The fourth-order valence-corrected chi connectivity index (χ4v) is 3.66. The summed E-state index contributed by atoms with van der Waals surface area (Å²) in [6, 6.07) is -0.491. The van der Waals surface area contributed by atoms with Gasteiger partial charge in [0.15, 0.2) is 0 Å². The smallest absolute Gasteiger partial charge is 0.304 e. The molecule has 102 valence electrons. The molecule has 0 aromatic heterocycles. The monoisotopic (exact) mass is 265 g/mol. The largest absolute Gasteiger partial charge is 0.481 e. The van der Waals surface area contributed by atoms with Gasteiger partial charge in [-0.05, 0) is 19.3 Å². The van der Waals surface area contributed by atoms with Gasteiger partial charge in [-0.3, -0.25) is 4.79 Å². The van der Waals surface area contributed by atoms with E-state index in [0.717, 1.165) is 0 Å². The van der Waals surface area contributed by atoms with Crippen LogP contribution in [-0.4, -0.2) is 42.1 Å². The molecule has 1 N–H and O–H groups in total. The molecule has 0 aromatic rings. The second kappa shape index (κ2) is 6.96. The van der Waals surface area contributed by atoms with Crippen LogP contribution >= 0.6 is 0 Å². The third kappa shape index (κ3) is 6.02. The van der Waals surface area contributed by atoms with Crippen LogP contribution in [0.3, 0.4) is 0 Å². The molecule has 0 aromatic carbocycles. The molecule has 0 amide bonds. The van der Waals surface area contributed by atoms with Crippen LogP contribution in [0.4, 0.5) is 0 Å². The molecule has 0 aliphatic rings. The van der Waals surface area contributed by atoms with Crippen molar-refractivity contribution in [1.82, 2.24) is 4.31 Å². The summed E-state index contributed by atoms with van der Waals surface area (Å²) in [6.45, 7) is 7.60. The highest BCUT2D eigenvalue weighted by atomic mass is 32.2. The number of carboxylic acids is 1. The van der Waals surface area contributed by atoms with Crippen molar-refractivity contribution in [2.75, 3.05) is 12.3 Å². The van der Waals surface area contributed by atoms with Crippen molar-refractivity contribution in [3.05, 3.63) is 0 Å². The van der Waals surface area contributed by atoms with Crippen LogP contribution in [0.1, 0.15) is 40.5 Å². The minimum atomic E-state index is -3.34. The first-order valence-electron chi connectivity index (χ1n) is 5.92. The van der Waals surface area contributed by atoms with E-state index >= 15 is 0 Å². The van der Waals surface area contributed by atoms with Crippen molar-refractivity contribution in [3.8, 4) is 0 Å². The molecular weight excluding hydrogens is 242 g/mol. The maximum absolute atomic E-state index is 12.0. The number of hydrogen-bond donors (Lipinski definition) is 1. The molecule has 0 rings (SSSR count). The Kier molecular flexibility index (Phi) is 6.70. The SMILES string of the molecule is CCN(C(C)CC(=O)O)S(=O)(=O)CCC(C)C. The summed E-state index contributed by atoms with van der Waals surface area (Å²) in [5.74, 6) is -0.573. The van der Waals surface area contributed by atoms with Gasteiger partial charge in [0.25, 0.3) is 0 Å². The molecule has 0 radical (unpaired) electrons. The summed E-state index contributed by atoms with van der Waals surface area (Å²) in [4.78, 5) is 10.6. The lowest BCUT2D eigenvalue weighted by molar-refractivity contribution is -0.137. The zero-order valence-electron chi connectivity index (χ0n) is 11.0. The number of rotatable bonds is 8. The number of carboxylic acid groups (broad SMARTS) is 1. The van der Waals surface area contributed by atoms with Crippen LogP contribution in [0.5, 0.6) is 0 Å². The number of hydrogen-bond acceptors (Lipinski definition) is 3. The summed E-state index contributed by atoms with van der Waals surface area (Å²) < 4.78 is 25.3. The quantitative estimate of drug-likeness (QED) is 0.722. The Morgan fingerprint density at radius 2 is 1.82 bits per heavy atom. The number of carbonyl (C=O) groups is 1. The van der Waals surface area contributed by atoms with E-state index < -0.39 is 22.0 Å². The van der Waals surface area contributed by atoms with Crippen LogP contribution in [0.15, 0.2) is 0 Å². The topological polar surface area (TPSA) is 74.7 Å². The van der Waals surface area contributed by atoms with Gasteiger partial charge >= 0.3 is 5.97 Å². The molecule has 0 aliphatic carbocycles. The third-order valence-corrected chi connectivity index (χ3v) is 4.67. The second-order valence-electron chi connectivity index (χ2n) is 4.65. The molecular formula is C11H23NO4S. The summed E-state index contributed by atoms with van der Waals surface area (Å²) in [7, 11) is -3.34. The maximum Gasteiger partial charge on any atom is 0.304 e. The van der Waals surface area contributed by atoms with Crippen LogP contribution in [0.2, 0.25) is 0 Å². The minimum Gasteiger partial charge on any atom is -0.481 e. The maximum atomic E-state index is 12.0. The van der Waals surface area contributed by atoms with E-state index in [1.165, 1.54) is 4.31 Å². The Balaban J connectivity index is 4.67. The predicted octanol–water partition coefficient (Wildman–Crippen LogP) is 1.55. The van der Waals surface area contributed by atoms with Crippen molar-refractivity contribution in [2.45, 2.75) is 46.6 Å². The first-order chi connectivity index (χ1) is 7.70. The van der Waals surface area contributed by atoms with Gasteiger partial charge in [0, 0.05) is 12.6 Å². The van der Waals surface area contributed by atoms with Gasteiger partial charge in [-0.15, -0.1) is 0 Å². The van der Waals surface area contributed by atoms with Crippen molar-refractivity contribution in [3.63, 3.8) is 0 Å². The van der Waals surface area contributed by atoms with E-state index in [1.54, 1.807) is 13.8 Å². The number of aliphatic carboxylic acids is 1. The molecule has 0 aliphatic heterocycles. The van der Waals surface area contributed by atoms with Crippen molar-refractivity contribution >= 4 is 16.0 Å². The standard InChI is InChI=1S/C11H23NO4S/c1-5-12(10(4)8-11(13)14)17(15,16)7-6-9(2)3/h9-10H,5-8H2,1-4H3,(H,13,14). The molecule has 0 saturated carbocycles. The van der Waals surface area contributed by atoms with Gasteiger partial charge in [-0.25, -0.2) is 8.42 Å². The van der Waals surface area contributed by atoms with Gasteiger partial charge < -0.3 is 5.11 Å². The zero-order chi connectivity index (χ0) is 13.6. The summed E-state index contributed by atoms with van der Waals surface area (Å²) in [5.41, 5.74) is 0. The van der Waals surface area contributed by atoms with E-state index in [4.69, 9.17) is 5.11 Å². The van der Waals surface area contributed by atoms with Crippen LogP contribution in [-0.2, 0) is 14.8 Å². The molecule has 5 nitrogen and oxygen atoms in total. The normalized spacial score (nSPS) is 14.2. The van der Waals surface area contributed by atoms with E-state index in [0.29, 0.717) is 18.9 Å². The van der Waals surface area contributed by atoms with E-state index in [2.05, 4.69) is 0 Å². The fourth-order valence-electron chi connectivity index (χ4n) is 1.64. The number of sulfonamides is 1. The van der Waals surface area contributed by atoms with Crippen LogP contribution in [0, 0.1) is 5.92 Å². The zero-order valence-corrected chi connectivity index (χ0v) is 11.8. The summed E-state index contributed by atoms with van der Waals surface area (Å²) in [6.07, 6.45) is 0.438. The van der Waals surface area contributed by atoms with Gasteiger partial charge in [-0.1, -0.05) is 20.8 Å². The van der Waals surface area contributed by atoms with Crippen LogP contribution < -0.4 is 0 Å². The van der Waals surface area contributed by atoms with Gasteiger partial charge in [0.1, 0.15) is 0 Å². The van der Waals surface area contributed by atoms with E-state index in [1.807, 2.05) is 13.8 Å². The molecule has 17 heavy (non-hydrogen) atoms. The van der Waals surface area contributed by atoms with Gasteiger partial charge in [-0.2, -0.15) is 4.31 Å². The lowest BCUT2D eigenvalue weighted by Crippen LogP contribution is -2.41. The number of nitrogens with zero attached hydrogens (tertiary/aromatic N) is 1. The first kappa shape index (κ1) is 16.4. The Morgan fingerprint density at radius 1 is 1.29 bits per heavy atom. The highest BCUT2D eigenvalue weighted by molar-refractivity contribution is 7.89. The molecule has 1 atom stereocenters. The molecule has 0 fully saturated rings. The molecule has 0 heterocycles. The predicted molar refractivity (Wildman–Crippen MR) is 67.3 cm³/mol. The highest BCUT2D eigenvalue weighted by Crippen LogP contribution is 2.13.